The molecule has 1 aromatic heterocycles. The van der Waals surface area contributed by atoms with Crippen molar-refractivity contribution in [1.29, 1.82) is 0 Å². The Morgan fingerprint density at radius 2 is 1.73 bits per heavy atom. The topological polar surface area (TPSA) is 58.7 Å². The lowest BCUT2D eigenvalue weighted by Crippen LogP contribution is -2.48. The Balaban J connectivity index is 1.38. The van der Waals surface area contributed by atoms with Crippen molar-refractivity contribution >= 4 is 17.0 Å². The second kappa shape index (κ2) is 9.30. The van der Waals surface area contributed by atoms with Crippen LogP contribution in [0.3, 0.4) is 0 Å². The summed E-state index contributed by atoms with van der Waals surface area (Å²) in [6.07, 6.45) is 2.98. The zero-order valence-corrected chi connectivity index (χ0v) is 17.5. The van der Waals surface area contributed by atoms with Crippen LogP contribution in [-0.2, 0) is 6.54 Å². The van der Waals surface area contributed by atoms with Gasteiger partial charge in [-0.15, -0.1) is 0 Å². The Kier molecular flexibility index (Phi) is 6.33. The summed E-state index contributed by atoms with van der Waals surface area (Å²) in [4.78, 5) is 29.4. The smallest absolute Gasteiger partial charge is 0.408 e. The van der Waals surface area contributed by atoms with Crippen LogP contribution in [0.1, 0.15) is 36.5 Å². The van der Waals surface area contributed by atoms with Crippen LogP contribution >= 0.6 is 0 Å². The first-order chi connectivity index (χ1) is 14.7. The van der Waals surface area contributed by atoms with Crippen LogP contribution in [0, 0.1) is 0 Å². The summed E-state index contributed by atoms with van der Waals surface area (Å²) in [5.74, 6) is -0.177. The van der Waals surface area contributed by atoms with Crippen LogP contribution in [-0.4, -0.2) is 52.5 Å². The van der Waals surface area contributed by atoms with Crippen LogP contribution in [0.4, 0.5) is 0 Å². The highest BCUT2D eigenvalue weighted by Gasteiger charge is 2.27. The van der Waals surface area contributed by atoms with E-state index >= 15 is 0 Å². The standard InChI is InChI=1S/C24H29N3O3/c1-2-14-25(17-18-27-21-10-6-7-11-22(21)30-24(27)29)20-12-15-26(16-13-20)23(28)19-8-4-3-5-9-19/h3-11,20H,2,12-18H2,1H3. The number of nitrogens with zero attached hydrogens (tertiary/aromatic N) is 3. The number of oxazole rings is 1. The van der Waals surface area contributed by atoms with Gasteiger partial charge in [-0.3, -0.25) is 14.3 Å². The van der Waals surface area contributed by atoms with Gasteiger partial charge in [0.25, 0.3) is 5.91 Å². The van der Waals surface area contributed by atoms with Gasteiger partial charge in [-0.2, -0.15) is 0 Å². The average molecular weight is 408 g/mol. The lowest BCUT2D eigenvalue weighted by atomic mass is 10.0. The molecule has 2 aromatic carbocycles. The van der Waals surface area contributed by atoms with Gasteiger partial charge < -0.3 is 9.32 Å². The highest BCUT2D eigenvalue weighted by molar-refractivity contribution is 5.94. The number of rotatable bonds is 7. The van der Waals surface area contributed by atoms with Gasteiger partial charge in [-0.25, -0.2) is 4.79 Å². The largest absolute Gasteiger partial charge is 0.419 e. The number of aromatic nitrogens is 1. The van der Waals surface area contributed by atoms with Crippen molar-refractivity contribution in [3.8, 4) is 0 Å². The molecule has 1 amide bonds. The minimum Gasteiger partial charge on any atom is -0.408 e. The predicted molar refractivity (Wildman–Crippen MR) is 118 cm³/mol. The Hall–Kier alpha value is -2.86. The molecule has 6 nitrogen and oxygen atoms in total. The van der Waals surface area contributed by atoms with Crippen molar-refractivity contribution in [3.63, 3.8) is 0 Å². The van der Waals surface area contributed by atoms with E-state index in [9.17, 15) is 9.59 Å². The third-order valence-electron chi connectivity index (χ3n) is 5.98. The maximum atomic E-state index is 12.7. The van der Waals surface area contributed by atoms with Gasteiger partial charge in [0.05, 0.1) is 5.52 Å². The Labute approximate surface area is 176 Å². The number of carbonyl (C=O) groups is 1. The fourth-order valence-corrected chi connectivity index (χ4v) is 4.42. The van der Waals surface area contributed by atoms with E-state index in [1.54, 1.807) is 4.57 Å². The van der Waals surface area contributed by atoms with Crippen molar-refractivity contribution in [1.82, 2.24) is 14.4 Å². The monoisotopic (exact) mass is 407 g/mol. The molecule has 158 valence electrons. The van der Waals surface area contributed by atoms with Gasteiger partial charge in [0.2, 0.25) is 0 Å². The fraction of sp³-hybridized carbons (Fsp3) is 0.417. The summed E-state index contributed by atoms with van der Waals surface area (Å²) in [5, 5.41) is 0. The quantitative estimate of drug-likeness (QED) is 0.600. The summed E-state index contributed by atoms with van der Waals surface area (Å²) >= 11 is 0. The molecular formula is C24H29N3O3. The predicted octanol–water partition coefficient (Wildman–Crippen LogP) is 3.61. The summed E-state index contributed by atoms with van der Waals surface area (Å²) in [6.45, 7) is 6.12. The van der Waals surface area contributed by atoms with E-state index in [2.05, 4.69) is 11.8 Å². The molecule has 0 radical (unpaired) electrons. The van der Waals surface area contributed by atoms with Crippen molar-refractivity contribution in [2.75, 3.05) is 26.2 Å². The zero-order valence-electron chi connectivity index (χ0n) is 17.5. The van der Waals surface area contributed by atoms with E-state index in [0.29, 0.717) is 18.2 Å². The van der Waals surface area contributed by atoms with Crippen LogP contribution in [0.15, 0.2) is 63.8 Å². The van der Waals surface area contributed by atoms with E-state index in [0.717, 1.165) is 56.5 Å². The molecule has 1 fully saturated rings. The van der Waals surface area contributed by atoms with Crippen molar-refractivity contribution in [2.24, 2.45) is 0 Å². The molecule has 0 bridgehead atoms. The zero-order chi connectivity index (χ0) is 20.9. The van der Waals surface area contributed by atoms with Crippen LogP contribution in [0.5, 0.6) is 0 Å². The summed E-state index contributed by atoms with van der Waals surface area (Å²) in [7, 11) is 0. The van der Waals surface area contributed by atoms with Crippen LogP contribution < -0.4 is 5.76 Å². The highest BCUT2D eigenvalue weighted by Crippen LogP contribution is 2.20. The molecule has 1 aliphatic rings. The van der Waals surface area contributed by atoms with Gasteiger partial charge in [0, 0.05) is 37.8 Å². The van der Waals surface area contributed by atoms with E-state index in [4.69, 9.17) is 4.42 Å². The minimum atomic E-state index is -0.295. The molecule has 2 heterocycles. The van der Waals surface area contributed by atoms with E-state index in [-0.39, 0.29) is 11.7 Å². The fourth-order valence-electron chi connectivity index (χ4n) is 4.42. The molecule has 6 heteroatoms. The lowest BCUT2D eigenvalue weighted by Gasteiger charge is -2.38. The number of hydrogen-bond acceptors (Lipinski definition) is 4. The van der Waals surface area contributed by atoms with Crippen molar-refractivity contribution < 1.29 is 9.21 Å². The van der Waals surface area contributed by atoms with Gasteiger partial charge in [-0.05, 0) is 50.1 Å². The highest BCUT2D eigenvalue weighted by atomic mass is 16.4. The van der Waals surface area contributed by atoms with Gasteiger partial charge in [-0.1, -0.05) is 37.3 Å². The van der Waals surface area contributed by atoms with Gasteiger partial charge >= 0.3 is 5.76 Å². The Morgan fingerprint density at radius 1 is 1.03 bits per heavy atom. The molecule has 0 aliphatic carbocycles. The van der Waals surface area contributed by atoms with Gasteiger partial charge in [0.15, 0.2) is 5.58 Å². The molecule has 1 aliphatic heterocycles. The Morgan fingerprint density at radius 3 is 2.47 bits per heavy atom. The number of amides is 1. The van der Waals surface area contributed by atoms with Gasteiger partial charge in [0.1, 0.15) is 0 Å². The molecule has 0 N–H and O–H groups in total. The average Bonchev–Trinajstić information content (AvgIpc) is 3.12. The first-order valence-corrected chi connectivity index (χ1v) is 10.8. The maximum absolute atomic E-state index is 12.7. The maximum Gasteiger partial charge on any atom is 0.419 e. The van der Waals surface area contributed by atoms with Crippen LogP contribution in [0.25, 0.3) is 11.1 Å². The third-order valence-corrected chi connectivity index (χ3v) is 5.98. The number of hydrogen-bond donors (Lipinski definition) is 0. The molecule has 1 saturated heterocycles. The molecule has 0 unspecified atom stereocenters. The molecule has 0 saturated carbocycles. The molecule has 3 aromatic rings. The lowest BCUT2D eigenvalue weighted by molar-refractivity contribution is 0.0613. The number of piperidine rings is 1. The van der Waals surface area contributed by atoms with E-state index in [1.165, 1.54) is 0 Å². The summed E-state index contributed by atoms with van der Waals surface area (Å²) < 4.78 is 7.09. The van der Waals surface area contributed by atoms with E-state index < -0.39 is 0 Å². The normalized spacial score (nSPS) is 15.2. The second-order valence-electron chi connectivity index (χ2n) is 7.91. The molecule has 4 rings (SSSR count). The molecule has 0 spiro atoms. The molecule has 30 heavy (non-hydrogen) atoms. The number of fused-ring (bicyclic) bond motifs is 1. The van der Waals surface area contributed by atoms with E-state index in [1.807, 2.05) is 59.5 Å². The minimum absolute atomic E-state index is 0.118. The van der Waals surface area contributed by atoms with Crippen molar-refractivity contribution in [3.05, 3.63) is 70.7 Å². The van der Waals surface area contributed by atoms with Crippen molar-refractivity contribution in [2.45, 2.75) is 38.8 Å². The third kappa shape index (κ3) is 4.33. The molecular weight excluding hydrogens is 378 g/mol. The van der Waals surface area contributed by atoms with Crippen LogP contribution in [0.2, 0.25) is 0 Å². The Bertz CT molecular complexity index is 1030. The second-order valence-corrected chi connectivity index (χ2v) is 7.91. The first-order valence-electron chi connectivity index (χ1n) is 10.8. The number of likely N-dealkylation sites (tertiary alicyclic amines) is 1. The molecule has 0 atom stereocenters. The summed E-state index contributed by atoms with van der Waals surface area (Å²) in [5.41, 5.74) is 2.24. The number of para-hydroxylation sites is 2. The number of carbonyl (C=O) groups excluding carboxylic acids is 1. The first kappa shape index (κ1) is 20.4. The SMILES string of the molecule is CCCN(CCn1c(=O)oc2ccccc21)C1CCN(C(=O)c2ccccc2)CC1. The summed E-state index contributed by atoms with van der Waals surface area (Å²) in [6, 6.07) is 17.5. The number of benzene rings is 2.